The van der Waals surface area contributed by atoms with Gasteiger partial charge >= 0.3 is 11.9 Å². The van der Waals surface area contributed by atoms with E-state index >= 15 is 0 Å². The third-order valence-corrected chi connectivity index (χ3v) is 10.9. The maximum absolute atomic E-state index is 14.0. The van der Waals surface area contributed by atoms with Crippen molar-refractivity contribution < 1.29 is 37.8 Å². The Hall–Kier alpha value is -3.46. The minimum absolute atomic E-state index is 0.00792. The van der Waals surface area contributed by atoms with E-state index < -0.39 is 68.0 Å². The maximum Gasteiger partial charge on any atom is 0.335 e. The molecule has 1 saturated heterocycles. The van der Waals surface area contributed by atoms with E-state index in [1.807, 2.05) is 0 Å². The summed E-state index contributed by atoms with van der Waals surface area (Å²) in [5.41, 5.74) is -2.64. The molecule has 0 spiro atoms. The number of carboxylic acid groups (broad SMARTS) is 2. The third-order valence-electron chi connectivity index (χ3n) is 8.07. The Morgan fingerprint density at radius 1 is 0.979 bits per heavy atom. The number of halogens is 4. The number of carbonyl (C=O) groups excluding carboxylic acids is 2. The number of nitrogens with zero attached hydrogens (tertiary/aromatic N) is 2. The second-order valence-corrected chi connectivity index (χ2v) is 15.8. The number of amides is 2. The van der Waals surface area contributed by atoms with E-state index in [0.717, 1.165) is 12.1 Å². The van der Waals surface area contributed by atoms with E-state index in [4.69, 9.17) is 46.4 Å². The van der Waals surface area contributed by atoms with Crippen LogP contribution in [0.15, 0.2) is 59.8 Å². The first-order valence-corrected chi connectivity index (χ1v) is 17.2. The van der Waals surface area contributed by atoms with Crippen LogP contribution < -0.4 is 10.6 Å². The van der Waals surface area contributed by atoms with E-state index in [0.29, 0.717) is 15.6 Å². The molecule has 1 aromatic heterocycles. The monoisotopic (exact) mass is 758 g/mol. The summed E-state index contributed by atoms with van der Waals surface area (Å²) in [5, 5.41) is 25.5. The summed E-state index contributed by atoms with van der Waals surface area (Å²) in [4.78, 5) is 55.4. The van der Waals surface area contributed by atoms with Crippen LogP contribution in [-0.4, -0.2) is 69.8 Å². The molecule has 3 aromatic rings. The molecule has 1 unspecified atom stereocenters. The summed E-state index contributed by atoms with van der Waals surface area (Å²) in [6, 6.07) is 7.74. The number of rotatable bonds is 10. The molecule has 1 aliphatic rings. The van der Waals surface area contributed by atoms with Crippen molar-refractivity contribution >= 4 is 85.9 Å². The van der Waals surface area contributed by atoms with Crippen LogP contribution in [0, 0.1) is 11.3 Å². The lowest BCUT2D eigenvalue weighted by Crippen LogP contribution is -2.64. The molecular formula is C31H30Cl4N4O8S. The molecule has 3 atom stereocenters. The largest absolute Gasteiger partial charge is 0.480 e. The van der Waals surface area contributed by atoms with Crippen LogP contribution in [0.1, 0.15) is 43.1 Å². The Bertz CT molecular complexity index is 1850. The molecule has 1 fully saturated rings. The molecule has 0 bridgehead atoms. The Balaban J connectivity index is 1.62. The summed E-state index contributed by atoms with van der Waals surface area (Å²) < 4.78 is 28.6. The van der Waals surface area contributed by atoms with Crippen LogP contribution in [0.25, 0.3) is 0 Å². The molecule has 0 radical (unpaired) electrons. The average molecular weight is 760 g/mol. The summed E-state index contributed by atoms with van der Waals surface area (Å²) in [5.74, 6) is -5.82. The highest BCUT2D eigenvalue weighted by Gasteiger charge is 2.63. The number of pyridine rings is 1. The number of hydrogen-bond donors (Lipinski definition) is 4. The molecule has 1 aliphatic heterocycles. The van der Waals surface area contributed by atoms with Crippen molar-refractivity contribution in [2.75, 3.05) is 11.9 Å². The van der Waals surface area contributed by atoms with Crippen molar-refractivity contribution in [3.63, 3.8) is 0 Å². The van der Waals surface area contributed by atoms with Crippen molar-refractivity contribution in [1.29, 1.82) is 0 Å². The van der Waals surface area contributed by atoms with Crippen LogP contribution in [0.5, 0.6) is 0 Å². The Morgan fingerprint density at radius 3 is 2.04 bits per heavy atom. The fraction of sp³-hybridized carbons (Fsp3) is 0.323. The Labute approximate surface area is 296 Å². The Morgan fingerprint density at radius 2 is 1.54 bits per heavy atom. The van der Waals surface area contributed by atoms with Gasteiger partial charge in [-0.2, -0.15) is 4.31 Å². The average Bonchev–Trinajstić information content (AvgIpc) is 3.41. The number of sulfonamides is 1. The van der Waals surface area contributed by atoms with Gasteiger partial charge < -0.3 is 20.8 Å². The zero-order valence-corrected chi connectivity index (χ0v) is 29.5. The molecule has 256 valence electrons. The number of anilines is 1. The molecule has 48 heavy (non-hydrogen) atoms. The van der Waals surface area contributed by atoms with Gasteiger partial charge in [0, 0.05) is 41.1 Å². The van der Waals surface area contributed by atoms with Crippen molar-refractivity contribution in [2.45, 2.75) is 50.1 Å². The first-order chi connectivity index (χ1) is 22.3. The normalized spacial score (nSPS) is 19.0. The van der Waals surface area contributed by atoms with Gasteiger partial charge in [-0.3, -0.25) is 14.6 Å². The smallest absolute Gasteiger partial charge is 0.335 e. The summed E-state index contributed by atoms with van der Waals surface area (Å²) in [6.07, 6.45) is 1.77. The van der Waals surface area contributed by atoms with Crippen LogP contribution in [-0.2, 0) is 30.8 Å². The first kappa shape index (κ1) is 37.4. The van der Waals surface area contributed by atoms with Crippen molar-refractivity contribution in [3.05, 3.63) is 86.1 Å². The van der Waals surface area contributed by atoms with Crippen LogP contribution in [0.3, 0.4) is 0 Å². The third kappa shape index (κ3) is 7.72. The topological polar surface area (TPSA) is 183 Å². The predicted octanol–water partition coefficient (Wildman–Crippen LogP) is 5.64. The zero-order chi connectivity index (χ0) is 35.8. The van der Waals surface area contributed by atoms with E-state index in [1.165, 1.54) is 42.7 Å². The molecule has 17 heteroatoms. The second-order valence-electron chi connectivity index (χ2n) is 12.3. The van der Waals surface area contributed by atoms with Crippen molar-refractivity contribution in [1.82, 2.24) is 14.6 Å². The van der Waals surface area contributed by atoms with Gasteiger partial charge in [0.2, 0.25) is 15.6 Å². The maximum atomic E-state index is 14.0. The zero-order valence-electron chi connectivity index (χ0n) is 25.6. The molecule has 12 nitrogen and oxygen atoms in total. The summed E-state index contributed by atoms with van der Waals surface area (Å²) >= 11 is 24.2. The first-order valence-electron chi connectivity index (χ1n) is 14.2. The van der Waals surface area contributed by atoms with E-state index in [1.54, 1.807) is 20.8 Å². The Kier molecular flexibility index (Phi) is 11.0. The lowest BCUT2D eigenvalue weighted by atomic mass is 9.76. The number of aliphatic carboxylic acids is 2. The van der Waals surface area contributed by atoms with Crippen molar-refractivity contribution in [3.8, 4) is 0 Å². The predicted molar refractivity (Wildman–Crippen MR) is 180 cm³/mol. The lowest BCUT2D eigenvalue weighted by Gasteiger charge is -2.33. The van der Waals surface area contributed by atoms with Crippen LogP contribution in [0.4, 0.5) is 5.69 Å². The molecule has 2 aromatic carbocycles. The number of nitrogens with one attached hydrogen (secondary N) is 2. The quantitative estimate of drug-likeness (QED) is 0.190. The second kappa shape index (κ2) is 14.2. The highest BCUT2D eigenvalue weighted by Crippen LogP contribution is 2.46. The van der Waals surface area contributed by atoms with Gasteiger partial charge in [-0.15, -0.1) is 0 Å². The van der Waals surface area contributed by atoms with E-state index in [9.17, 15) is 37.8 Å². The molecular weight excluding hydrogens is 730 g/mol. The molecule has 2 amide bonds. The number of hydrogen-bond acceptors (Lipinski definition) is 7. The van der Waals surface area contributed by atoms with Crippen LogP contribution >= 0.6 is 46.4 Å². The minimum Gasteiger partial charge on any atom is -0.480 e. The van der Waals surface area contributed by atoms with Gasteiger partial charge in [0.15, 0.2) is 0 Å². The summed E-state index contributed by atoms with van der Waals surface area (Å²) in [6.45, 7) is 4.99. The lowest BCUT2D eigenvalue weighted by molar-refractivity contribution is -0.155. The molecule has 2 heterocycles. The van der Waals surface area contributed by atoms with Gasteiger partial charge in [0.25, 0.3) is 11.8 Å². The highest BCUT2D eigenvalue weighted by atomic mass is 35.5. The van der Waals surface area contributed by atoms with E-state index in [-0.39, 0.29) is 38.6 Å². The summed E-state index contributed by atoms with van der Waals surface area (Å²) in [7, 11) is -4.71. The molecule has 4 rings (SSSR count). The van der Waals surface area contributed by atoms with E-state index in [2.05, 4.69) is 15.6 Å². The molecule has 0 saturated carbocycles. The highest BCUT2D eigenvalue weighted by molar-refractivity contribution is 7.89. The van der Waals surface area contributed by atoms with Gasteiger partial charge in [0.05, 0.1) is 20.5 Å². The SMILES string of the molecule is CC(C)(C)[C@@H]1CN(S(=O)(=O)c2cc(Cl)cc(Cl)c2)C(C(=O)O)(C(=O)N[C@@H](Cc2ccc(NC(=O)c3c(Cl)cncc3Cl)cc2)C(=O)O)C1. The molecule has 0 aliphatic carbocycles. The number of benzene rings is 2. The fourth-order valence-corrected chi connectivity index (χ4v) is 8.34. The van der Waals surface area contributed by atoms with Gasteiger partial charge in [0.1, 0.15) is 6.04 Å². The van der Waals surface area contributed by atoms with Gasteiger partial charge in [-0.1, -0.05) is 79.3 Å². The number of carbonyl (C=O) groups is 4. The van der Waals surface area contributed by atoms with Gasteiger partial charge in [-0.25, -0.2) is 18.0 Å². The molecule has 4 N–H and O–H groups in total. The van der Waals surface area contributed by atoms with Crippen molar-refractivity contribution in [2.24, 2.45) is 11.3 Å². The standard InChI is InChI=1S/C31H30Cl4N4O8S/c1-30(2,3)17-12-31(29(44)45,39(15-17)48(46,47)21-10-18(32)9-19(33)11-21)28(43)38-24(27(41)42)8-16-4-6-20(7-5-16)37-26(40)25-22(34)13-36-14-23(25)35/h4-7,9-11,13-14,17,24H,8,12,15H2,1-3H3,(H,37,40)(H,38,43)(H,41,42)(H,44,45)/t17-,24-,31?/m0/s1. The van der Waals surface area contributed by atoms with Gasteiger partial charge in [-0.05, 0) is 53.6 Å². The fourth-order valence-electron chi connectivity index (χ4n) is 5.32. The van der Waals surface area contributed by atoms with Crippen LogP contribution in [0.2, 0.25) is 20.1 Å². The number of carboxylic acids is 2. The number of aromatic nitrogens is 1. The minimum atomic E-state index is -4.71.